The van der Waals surface area contributed by atoms with E-state index < -0.39 is 5.54 Å². The quantitative estimate of drug-likeness (QED) is 0.754. The van der Waals surface area contributed by atoms with Gasteiger partial charge < -0.3 is 5.32 Å². The molecule has 0 unspecified atom stereocenters. The van der Waals surface area contributed by atoms with E-state index in [1.54, 1.807) is 25.2 Å². The largest absolute Gasteiger partial charge is 0.388 e. The summed E-state index contributed by atoms with van der Waals surface area (Å²) in [5, 5.41) is 2.96. The van der Waals surface area contributed by atoms with Crippen LogP contribution in [0.1, 0.15) is 41.5 Å². The topological polar surface area (TPSA) is 49.4 Å². The van der Waals surface area contributed by atoms with Gasteiger partial charge in [-0.25, -0.2) is 0 Å². The molecule has 0 saturated heterocycles. The van der Waals surface area contributed by atoms with E-state index in [0.29, 0.717) is 11.1 Å². The van der Waals surface area contributed by atoms with E-state index in [1.165, 1.54) is 4.90 Å². The summed E-state index contributed by atoms with van der Waals surface area (Å²) < 4.78 is 0. The van der Waals surface area contributed by atoms with Crippen molar-refractivity contribution < 1.29 is 9.59 Å². The van der Waals surface area contributed by atoms with Crippen molar-refractivity contribution in [2.24, 2.45) is 0 Å². The van der Waals surface area contributed by atoms with Crippen molar-refractivity contribution in [3.8, 4) is 0 Å². The first-order valence-electron chi connectivity index (χ1n) is 5.57. The van der Waals surface area contributed by atoms with Gasteiger partial charge in [0.15, 0.2) is 0 Å². The number of benzene rings is 1. The van der Waals surface area contributed by atoms with E-state index in [4.69, 9.17) is 0 Å². The van der Waals surface area contributed by atoms with E-state index in [9.17, 15) is 9.59 Å². The number of imide groups is 1. The average molecular weight is 232 g/mol. The number of fused-ring (bicyclic) bond motifs is 1. The molecular formula is C13H16N2O2. The Hall–Kier alpha value is -1.84. The number of hydrogen-bond donors (Lipinski definition) is 1. The third kappa shape index (κ3) is 1.69. The fourth-order valence-electron chi connectivity index (χ4n) is 2.01. The molecule has 0 radical (unpaired) electrons. The second-order valence-corrected chi connectivity index (χ2v) is 5.13. The lowest BCUT2D eigenvalue weighted by Crippen LogP contribution is -2.45. The summed E-state index contributed by atoms with van der Waals surface area (Å²) in [4.78, 5) is 25.7. The van der Waals surface area contributed by atoms with E-state index >= 15 is 0 Å². The molecule has 2 rings (SSSR count). The van der Waals surface area contributed by atoms with Gasteiger partial charge in [-0.2, -0.15) is 0 Å². The predicted octanol–water partition coefficient (Wildman–Crippen LogP) is 2.12. The first-order chi connectivity index (χ1) is 7.86. The van der Waals surface area contributed by atoms with Crippen molar-refractivity contribution >= 4 is 17.5 Å². The lowest BCUT2D eigenvalue weighted by atomic mass is 10.1. The molecule has 1 N–H and O–H groups in total. The van der Waals surface area contributed by atoms with Gasteiger partial charge in [-0.1, -0.05) is 0 Å². The Morgan fingerprint density at radius 2 is 1.65 bits per heavy atom. The molecule has 2 amide bonds. The van der Waals surface area contributed by atoms with E-state index in [-0.39, 0.29) is 11.8 Å². The van der Waals surface area contributed by atoms with Crippen LogP contribution in [-0.4, -0.2) is 29.3 Å². The van der Waals surface area contributed by atoms with Crippen LogP contribution in [0.3, 0.4) is 0 Å². The zero-order valence-corrected chi connectivity index (χ0v) is 10.5. The number of anilines is 1. The Kier molecular flexibility index (Phi) is 2.45. The number of hydrogen-bond acceptors (Lipinski definition) is 3. The summed E-state index contributed by atoms with van der Waals surface area (Å²) in [6, 6.07) is 5.23. The fraction of sp³-hybridized carbons (Fsp3) is 0.385. The highest BCUT2D eigenvalue weighted by atomic mass is 16.2. The van der Waals surface area contributed by atoms with Crippen molar-refractivity contribution in [2.45, 2.75) is 26.3 Å². The van der Waals surface area contributed by atoms with Gasteiger partial charge >= 0.3 is 0 Å². The second-order valence-electron chi connectivity index (χ2n) is 5.13. The fourth-order valence-corrected chi connectivity index (χ4v) is 2.01. The molecular weight excluding hydrogens is 216 g/mol. The molecule has 1 aromatic rings. The first kappa shape index (κ1) is 11.6. The summed E-state index contributed by atoms with van der Waals surface area (Å²) in [7, 11) is 1.78. The van der Waals surface area contributed by atoms with Crippen LogP contribution in [0.15, 0.2) is 18.2 Å². The molecule has 0 aliphatic carbocycles. The Bertz CT molecular complexity index is 501. The molecule has 1 heterocycles. The molecule has 4 nitrogen and oxygen atoms in total. The SMILES string of the molecule is CNc1ccc2c(c1)C(=O)N(C(C)(C)C)C2=O. The van der Waals surface area contributed by atoms with E-state index in [1.807, 2.05) is 20.8 Å². The predicted molar refractivity (Wildman–Crippen MR) is 66.2 cm³/mol. The highest BCUT2D eigenvalue weighted by Crippen LogP contribution is 2.30. The maximum absolute atomic E-state index is 12.2. The Labute approximate surface area is 101 Å². The number of carbonyl (C=O) groups is 2. The number of nitrogens with one attached hydrogen (secondary N) is 1. The summed E-state index contributed by atoms with van der Waals surface area (Å²) in [6.07, 6.45) is 0. The summed E-state index contributed by atoms with van der Waals surface area (Å²) in [6.45, 7) is 5.56. The van der Waals surface area contributed by atoms with Crippen LogP contribution < -0.4 is 5.32 Å². The van der Waals surface area contributed by atoms with Crippen molar-refractivity contribution in [1.29, 1.82) is 0 Å². The zero-order valence-electron chi connectivity index (χ0n) is 10.5. The lowest BCUT2D eigenvalue weighted by molar-refractivity contribution is 0.0508. The highest BCUT2D eigenvalue weighted by Gasteiger charge is 2.41. The van der Waals surface area contributed by atoms with Gasteiger partial charge in [-0.15, -0.1) is 0 Å². The molecule has 0 atom stereocenters. The molecule has 1 aliphatic heterocycles. The van der Waals surface area contributed by atoms with Gasteiger partial charge in [-0.3, -0.25) is 14.5 Å². The molecule has 90 valence electrons. The van der Waals surface area contributed by atoms with Crippen LogP contribution >= 0.6 is 0 Å². The Morgan fingerprint density at radius 3 is 2.18 bits per heavy atom. The van der Waals surface area contributed by atoms with Crippen LogP contribution in [0.4, 0.5) is 5.69 Å². The standard InChI is InChI=1S/C13H16N2O2/c1-13(2,3)15-11(16)9-6-5-8(14-4)7-10(9)12(15)17/h5-7,14H,1-4H3. The van der Waals surface area contributed by atoms with Crippen LogP contribution in [0.2, 0.25) is 0 Å². The van der Waals surface area contributed by atoms with Gasteiger partial charge in [0.2, 0.25) is 0 Å². The molecule has 0 fully saturated rings. The van der Waals surface area contributed by atoms with Crippen LogP contribution in [0.5, 0.6) is 0 Å². The van der Waals surface area contributed by atoms with E-state index in [0.717, 1.165) is 5.69 Å². The van der Waals surface area contributed by atoms with Gasteiger partial charge in [-0.05, 0) is 39.0 Å². The molecule has 0 spiro atoms. The third-order valence-corrected chi connectivity index (χ3v) is 2.85. The molecule has 4 heteroatoms. The first-order valence-corrected chi connectivity index (χ1v) is 5.57. The van der Waals surface area contributed by atoms with Crippen LogP contribution in [0.25, 0.3) is 0 Å². The second kappa shape index (κ2) is 3.58. The van der Waals surface area contributed by atoms with Crippen molar-refractivity contribution in [1.82, 2.24) is 4.90 Å². The number of carbonyl (C=O) groups excluding carboxylic acids is 2. The molecule has 0 saturated carbocycles. The Morgan fingerprint density at radius 1 is 1.06 bits per heavy atom. The van der Waals surface area contributed by atoms with E-state index in [2.05, 4.69) is 5.32 Å². The van der Waals surface area contributed by atoms with Crippen molar-refractivity contribution in [3.05, 3.63) is 29.3 Å². The minimum atomic E-state index is -0.493. The third-order valence-electron chi connectivity index (χ3n) is 2.85. The van der Waals surface area contributed by atoms with Crippen LogP contribution in [-0.2, 0) is 0 Å². The Balaban J connectivity index is 2.53. The van der Waals surface area contributed by atoms with Crippen molar-refractivity contribution in [3.63, 3.8) is 0 Å². The van der Waals surface area contributed by atoms with Gasteiger partial charge in [0.1, 0.15) is 0 Å². The molecule has 17 heavy (non-hydrogen) atoms. The molecule has 1 aliphatic rings. The van der Waals surface area contributed by atoms with Gasteiger partial charge in [0, 0.05) is 18.3 Å². The zero-order chi connectivity index (χ0) is 12.8. The monoisotopic (exact) mass is 232 g/mol. The minimum absolute atomic E-state index is 0.208. The molecule has 0 aromatic heterocycles. The normalized spacial score (nSPS) is 15.2. The number of nitrogens with zero attached hydrogens (tertiary/aromatic N) is 1. The summed E-state index contributed by atoms with van der Waals surface area (Å²) >= 11 is 0. The maximum atomic E-state index is 12.2. The maximum Gasteiger partial charge on any atom is 0.262 e. The van der Waals surface area contributed by atoms with Gasteiger partial charge in [0.05, 0.1) is 11.1 Å². The minimum Gasteiger partial charge on any atom is -0.388 e. The number of amides is 2. The van der Waals surface area contributed by atoms with Gasteiger partial charge in [0.25, 0.3) is 11.8 Å². The van der Waals surface area contributed by atoms with Crippen molar-refractivity contribution in [2.75, 3.05) is 12.4 Å². The average Bonchev–Trinajstić information content (AvgIpc) is 2.50. The van der Waals surface area contributed by atoms with Crippen LogP contribution in [0, 0.1) is 0 Å². The summed E-state index contributed by atoms with van der Waals surface area (Å²) in [5.41, 5.74) is 1.31. The number of rotatable bonds is 1. The molecule has 1 aromatic carbocycles. The highest BCUT2D eigenvalue weighted by molar-refractivity contribution is 6.22. The molecule has 0 bridgehead atoms. The smallest absolute Gasteiger partial charge is 0.262 e. The summed E-state index contributed by atoms with van der Waals surface area (Å²) in [5.74, 6) is -0.422. The lowest BCUT2D eigenvalue weighted by Gasteiger charge is -2.29.